The van der Waals surface area contributed by atoms with Crippen LogP contribution in [0.1, 0.15) is 11.1 Å². The molecular formula is C38H25NO. The third-order valence-electron chi connectivity index (χ3n) is 7.11. The number of anilines is 3. The Balaban J connectivity index is 1.21. The van der Waals surface area contributed by atoms with Crippen LogP contribution in [0, 0.1) is 11.8 Å². The molecule has 188 valence electrons. The quantitative estimate of drug-likeness (QED) is 0.219. The number of benzene rings is 6. The zero-order valence-electron chi connectivity index (χ0n) is 21.8. The molecule has 7 rings (SSSR count). The first-order chi connectivity index (χ1) is 19.8. The Labute approximate surface area is 233 Å². The van der Waals surface area contributed by atoms with E-state index in [2.05, 4.69) is 132 Å². The third-order valence-corrected chi connectivity index (χ3v) is 7.11. The Morgan fingerprint density at radius 1 is 0.450 bits per heavy atom. The van der Waals surface area contributed by atoms with Gasteiger partial charge in [-0.15, -0.1) is 0 Å². The number of hydrogen-bond donors (Lipinski definition) is 0. The summed E-state index contributed by atoms with van der Waals surface area (Å²) in [6.07, 6.45) is 0. The van der Waals surface area contributed by atoms with Crippen molar-refractivity contribution in [3.8, 4) is 23.0 Å². The second kappa shape index (κ2) is 10.3. The molecule has 1 heterocycles. The van der Waals surface area contributed by atoms with Gasteiger partial charge in [0.1, 0.15) is 11.2 Å². The highest BCUT2D eigenvalue weighted by Gasteiger charge is 2.12. The molecule has 1 aromatic heterocycles. The molecule has 0 saturated carbocycles. The van der Waals surface area contributed by atoms with Crippen LogP contribution in [-0.2, 0) is 0 Å². The number of hydrogen-bond acceptors (Lipinski definition) is 2. The van der Waals surface area contributed by atoms with E-state index in [-0.39, 0.29) is 0 Å². The van der Waals surface area contributed by atoms with Crippen LogP contribution in [0.25, 0.3) is 33.1 Å². The first-order valence-corrected chi connectivity index (χ1v) is 13.4. The molecule has 6 aromatic carbocycles. The fourth-order valence-corrected chi connectivity index (χ4v) is 5.17. The van der Waals surface area contributed by atoms with E-state index in [4.69, 9.17) is 4.42 Å². The van der Waals surface area contributed by atoms with Gasteiger partial charge in [-0.05, 0) is 83.9 Å². The first-order valence-electron chi connectivity index (χ1n) is 13.4. The average Bonchev–Trinajstić information content (AvgIpc) is 3.40. The van der Waals surface area contributed by atoms with E-state index in [1.807, 2.05) is 36.4 Å². The highest BCUT2D eigenvalue weighted by molar-refractivity contribution is 6.06. The molecule has 0 saturated heterocycles. The van der Waals surface area contributed by atoms with E-state index in [9.17, 15) is 0 Å². The highest BCUT2D eigenvalue weighted by Crippen LogP contribution is 2.35. The summed E-state index contributed by atoms with van der Waals surface area (Å²) in [6.45, 7) is 0. The van der Waals surface area contributed by atoms with Crippen LogP contribution in [-0.4, -0.2) is 0 Å². The average molecular weight is 512 g/mol. The van der Waals surface area contributed by atoms with Crippen molar-refractivity contribution in [2.45, 2.75) is 0 Å². The van der Waals surface area contributed by atoms with Gasteiger partial charge in [-0.3, -0.25) is 0 Å². The minimum atomic E-state index is 0.887. The second-order valence-electron chi connectivity index (χ2n) is 9.66. The van der Waals surface area contributed by atoms with E-state index in [1.54, 1.807) is 0 Å². The number of rotatable bonds is 4. The van der Waals surface area contributed by atoms with Gasteiger partial charge >= 0.3 is 0 Å². The number of furan rings is 1. The van der Waals surface area contributed by atoms with E-state index in [0.29, 0.717) is 0 Å². The van der Waals surface area contributed by atoms with E-state index < -0.39 is 0 Å². The van der Waals surface area contributed by atoms with Gasteiger partial charge in [0.25, 0.3) is 0 Å². The monoisotopic (exact) mass is 511 g/mol. The molecule has 0 N–H and O–H groups in total. The van der Waals surface area contributed by atoms with Crippen LogP contribution >= 0.6 is 0 Å². The van der Waals surface area contributed by atoms with Crippen molar-refractivity contribution < 1.29 is 4.42 Å². The van der Waals surface area contributed by atoms with Gasteiger partial charge in [-0.25, -0.2) is 0 Å². The zero-order valence-corrected chi connectivity index (χ0v) is 21.8. The first kappa shape index (κ1) is 23.6. The van der Waals surface area contributed by atoms with Crippen molar-refractivity contribution in [3.05, 3.63) is 163 Å². The largest absolute Gasteiger partial charge is 0.456 e. The predicted molar refractivity (Wildman–Crippen MR) is 166 cm³/mol. The zero-order chi connectivity index (χ0) is 26.7. The van der Waals surface area contributed by atoms with Gasteiger partial charge in [-0.2, -0.15) is 0 Å². The number of nitrogens with zero attached hydrogens (tertiary/aromatic N) is 1. The summed E-state index contributed by atoms with van der Waals surface area (Å²) in [7, 11) is 0. The van der Waals surface area contributed by atoms with Gasteiger partial charge in [0.15, 0.2) is 0 Å². The molecule has 0 aliphatic rings. The molecule has 40 heavy (non-hydrogen) atoms. The van der Waals surface area contributed by atoms with Gasteiger partial charge in [0, 0.05) is 39.0 Å². The van der Waals surface area contributed by atoms with Crippen LogP contribution in [0.4, 0.5) is 17.1 Å². The third kappa shape index (κ3) is 4.51. The Bertz CT molecular complexity index is 1950. The summed E-state index contributed by atoms with van der Waals surface area (Å²) in [5, 5.41) is 2.27. The molecule has 0 bridgehead atoms. The van der Waals surface area contributed by atoms with Crippen LogP contribution < -0.4 is 4.90 Å². The summed E-state index contributed by atoms with van der Waals surface area (Å²) in [5.41, 5.74) is 9.24. The lowest BCUT2D eigenvalue weighted by Gasteiger charge is -2.25. The summed E-state index contributed by atoms with van der Waals surface area (Å²) in [6, 6.07) is 52.1. The number of para-hydroxylation sites is 3. The lowest BCUT2D eigenvalue weighted by molar-refractivity contribution is 0.669. The minimum Gasteiger partial charge on any atom is -0.456 e. The highest BCUT2D eigenvalue weighted by atomic mass is 16.3. The standard InChI is InChI=1S/C38H25NO/c1-3-12-31(13-4-1)39(32-14-5-2-6-15-32)33-24-20-28(21-25-33)19-22-29-11-7-8-16-34(29)30-23-26-36-35-17-9-10-18-37(35)40-38(36)27-30/h1-18,20-21,23-27H. The van der Waals surface area contributed by atoms with Crippen molar-refractivity contribution >= 4 is 39.0 Å². The summed E-state index contributed by atoms with van der Waals surface area (Å²) in [4.78, 5) is 2.25. The Kier molecular flexibility index (Phi) is 6.09. The van der Waals surface area contributed by atoms with Crippen molar-refractivity contribution in [1.29, 1.82) is 0 Å². The maximum Gasteiger partial charge on any atom is 0.136 e. The van der Waals surface area contributed by atoms with Crippen molar-refractivity contribution in [1.82, 2.24) is 0 Å². The lowest BCUT2D eigenvalue weighted by atomic mass is 9.98. The number of fused-ring (bicyclic) bond motifs is 3. The maximum atomic E-state index is 6.14. The molecular weight excluding hydrogens is 486 g/mol. The SMILES string of the molecule is C(#Cc1ccccc1-c1ccc2c(c1)oc1ccccc12)c1ccc(N(c2ccccc2)c2ccccc2)cc1. The minimum absolute atomic E-state index is 0.887. The molecule has 2 nitrogen and oxygen atoms in total. The molecule has 0 unspecified atom stereocenters. The van der Waals surface area contributed by atoms with E-state index >= 15 is 0 Å². The normalized spacial score (nSPS) is 10.8. The molecule has 7 aromatic rings. The Morgan fingerprint density at radius 2 is 1.05 bits per heavy atom. The predicted octanol–water partition coefficient (Wildman–Crippen LogP) is 10.1. The van der Waals surface area contributed by atoms with Crippen molar-refractivity contribution in [2.24, 2.45) is 0 Å². The van der Waals surface area contributed by atoms with Gasteiger partial charge in [-0.1, -0.05) is 90.7 Å². The van der Waals surface area contributed by atoms with Crippen LogP contribution in [0.5, 0.6) is 0 Å². The second-order valence-corrected chi connectivity index (χ2v) is 9.66. The van der Waals surface area contributed by atoms with Crippen molar-refractivity contribution in [3.63, 3.8) is 0 Å². The van der Waals surface area contributed by atoms with Crippen LogP contribution in [0.3, 0.4) is 0 Å². The Morgan fingerprint density at radius 3 is 1.80 bits per heavy atom. The molecule has 0 radical (unpaired) electrons. The summed E-state index contributed by atoms with van der Waals surface area (Å²) >= 11 is 0. The van der Waals surface area contributed by atoms with Crippen LogP contribution in [0.15, 0.2) is 156 Å². The molecule has 0 amide bonds. The van der Waals surface area contributed by atoms with Crippen molar-refractivity contribution in [2.75, 3.05) is 4.90 Å². The molecule has 2 heteroatoms. The molecule has 0 atom stereocenters. The van der Waals surface area contributed by atoms with Gasteiger partial charge in [0.2, 0.25) is 0 Å². The van der Waals surface area contributed by atoms with E-state index in [0.717, 1.165) is 61.3 Å². The fraction of sp³-hybridized carbons (Fsp3) is 0. The lowest BCUT2D eigenvalue weighted by Crippen LogP contribution is -2.09. The fourth-order valence-electron chi connectivity index (χ4n) is 5.17. The summed E-state index contributed by atoms with van der Waals surface area (Å²) in [5.74, 6) is 6.80. The van der Waals surface area contributed by atoms with Gasteiger partial charge < -0.3 is 9.32 Å². The van der Waals surface area contributed by atoms with Crippen LogP contribution in [0.2, 0.25) is 0 Å². The summed E-state index contributed by atoms with van der Waals surface area (Å²) < 4.78 is 6.14. The Hall–Kier alpha value is -5.52. The topological polar surface area (TPSA) is 16.4 Å². The molecule has 0 aliphatic heterocycles. The maximum absolute atomic E-state index is 6.14. The molecule has 0 spiro atoms. The molecule has 0 aliphatic carbocycles. The van der Waals surface area contributed by atoms with Gasteiger partial charge in [0.05, 0.1) is 0 Å². The van der Waals surface area contributed by atoms with E-state index in [1.165, 1.54) is 0 Å². The molecule has 0 fully saturated rings. The smallest absolute Gasteiger partial charge is 0.136 e.